The minimum absolute atomic E-state index is 0.117. The SMILES string of the molecule is CCP(=O)(/C=C/C(C(C)=O)=C(/C)N)OC(C)C. The van der Waals surface area contributed by atoms with Gasteiger partial charge < -0.3 is 10.3 Å². The fourth-order valence-corrected chi connectivity index (χ4v) is 2.81. The van der Waals surface area contributed by atoms with Gasteiger partial charge in [0, 0.05) is 23.2 Å². The van der Waals surface area contributed by atoms with Gasteiger partial charge in [0.1, 0.15) is 0 Å². The lowest BCUT2D eigenvalue weighted by Crippen LogP contribution is -2.04. The molecule has 0 aliphatic heterocycles. The summed E-state index contributed by atoms with van der Waals surface area (Å²) in [5, 5.41) is 0. The highest BCUT2D eigenvalue weighted by Gasteiger charge is 2.18. The third-order valence-electron chi connectivity index (χ3n) is 2.10. The van der Waals surface area contributed by atoms with E-state index in [0.29, 0.717) is 17.4 Å². The van der Waals surface area contributed by atoms with Crippen LogP contribution < -0.4 is 5.73 Å². The first-order chi connectivity index (χ1) is 7.72. The van der Waals surface area contributed by atoms with Crippen LogP contribution in [-0.2, 0) is 13.9 Å². The zero-order valence-corrected chi connectivity index (χ0v) is 12.1. The molecule has 0 amide bonds. The molecule has 17 heavy (non-hydrogen) atoms. The summed E-state index contributed by atoms with van der Waals surface area (Å²) in [6, 6.07) is 0. The Morgan fingerprint density at radius 3 is 2.24 bits per heavy atom. The first-order valence-electron chi connectivity index (χ1n) is 5.65. The van der Waals surface area contributed by atoms with Crippen LogP contribution in [0.3, 0.4) is 0 Å². The van der Waals surface area contributed by atoms with Crippen LogP contribution in [0.25, 0.3) is 0 Å². The molecule has 4 nitrogen and oxygen atoms in total. The molecular weight excluding hydrogens is 237 g/mol. The van der Waals surface area contributed by atoms with E-state index in [9.17, 15) is 9.36 Å². The molecule has 0 heterocycles. The molecule has 0 saturated carbocycles. The Morgan fingerprint density at radius 2 is 1.94 bits per heavy atom. The summed E-state index contributed by atoms with van der Waals surface area (Å²) in [7, 11) is -2.81. The van der Waals surface area contributed by atoms with Crippen LogP contribution in [0.4, 0.5) is 0 Å². The summed E-state index contributed by atoms with van der Waals surface area (Å²) < 4.78 is 17.6. The Balaban J connectivity index is 5.08. The van der Waals surface area contributed by atoms with Gasteiger partial charge in [0.05, 0.1) is 6.10 Å². The van der Waals surface area contributed by atoms with Crippen molar-refractivity contribution < 1.29 is 13.9 Å². The van der Waals surface area contributed by atoms with Gasteiger partial charge in [-0.1, -0.05) is 6.92 Å². The van der Waals surface area contributed by atoms with Crippen LogP contribution in [0.1, 0.15) is 34.6 Å². The van der Waals surface area contributed by atoms with Crippen LogP contribution in [0, 0.1) is 0 Å². The Labute approximate surface area is 103 Å². The third-order valence-corrected chi connectivity index (χ3v) is 4.37. The minimum Gasteiger partial charge on any atom is -0.402 e. The Kier molecular flexibility index (Phi) is 6.43. The van der Waals surface area contributed by atoms with E-state index in [1.807, 2.05) is 13.8 Å². The van der Waals surface area contributed by atoms with Gasteiger partial charge in [-0.3, -0.25) is 9.36 Å². The van der Waals surface area contributed by atoms with Gasteiger partial charge in [-0.05, 0) is 33.8 Å². The van der Waals surface area contributed by atoms with E-state index in [0.717, 1.165) is 0 Å². The van der Waals surface area contributed by atoms with Crippen LogP contribution in [0.2, 0.25) is 0 Å². The molecule has 0 aromatic carbocycles. The van der Waals surface area contributed by atoms with Gasteiger partial charge in [0.15, 0.2) is 5.78 Å². The highest BCUT2D eigenvalue weighted by atomic mass is 31.2. The van der Waals surface area contributed by atoms with Gasteiger partial charge in [0.2, 0.25) is 7.37 Å². The van der Waals surface area contributed by atoms with Gasteiger partial charge in [0.25, 0.3) is 0 Å². The molecular formula is C12H22NO3P. The van der Waals surface area contributed by atoms with Crippen molar-refractivity contribution in [2.24, 2.45) is 5.73 Å². The summed E-state index contributed by atoms with van der Waals surface area (Å²) >= 11 is 0. The zero-order chi connectivity index (χ0) is 13.6. The first kappa shape index (κ1) is 16.1. The van der Waals surface area contributed by atoms with E-state index >= 15 is 0 Å². The summed E-state index contributed by atoms with van der Waals surface area (Å²) in [6.45, 7) is 8.51. The molecule has 1 unspecified atom stereocenters. The van der Waals surface area contributed by atoms with Crippen LogP contribution in [-0.4, -0.2) is 18.0 Å². The first-order valence-corrected chi connectivity index (χ1v) is 7.53. The normalized spacial score (nSPS) is 17.1. The molecule has 0 saturated heterocycles. The Bertz CT molecular complexity index is 379. The topological polar surface area (TPSA) is 69.4 Å². The molecule has 0 spiro atoms. The molecule has 5 heteroatoms. The van der Waals surface area contributed by atoms with E-state index in [-0.39, 0.29) is 11.9 Å². The quantitative estimate of drug-likeness (QED) is 0.452. The number of carbonyl (C=O) groups is 1. The monoisotopic (exact) mass is 259 g/mol. The van der Waals surface area contributed by atoms with E-state index in [2.05, 4.69) is 0 Å². The van der Waals surface area contributed by atoms with Gasteiger partial charge in [-0.25, -0.2) is 0 Å². The van der Waals surface area contributed by atoms with Gasteiger partial charge in [-0.15, -0.1) is 0 Å². The van der Waals surface area contributed by atoms with Crippen molar-refractivity contribution in [2.45, 2.75) is 40.7 Å². The largest absolute Gasteiger partial charge is 0.402 e. The number of rotatable bonds is 6. The summed E-state index contributed by atoms with van der Waals surface area (Å²) in [4.78, 5) is 11.3. The number of hydrogen-bond acceptors (Lipinski definition) is 4. The van der Waals surface area contributed by atoms with E-state index < -0.39 is 7.37 Å². The Hall–Kier alpha value is -0.860. The van der Waals surface area contributed by atoms with E-state index in [1.54, 1.807) is 13.8 Å². The average molecular weight is 259 g/mol. The van der Waals surface area contributed by atoms with Gasteiger partial charge >= 0.3 is 0 Å². The number of nitrogens with two attached hydrogens (primary N) is 1. The predicted octanol–water partition coefficient (Wildman–Crippen LogP) is 3.04. The lowest BCUT2D eigenvalue weighted by molar-refractivity contribution is -0.113. The molecule has 1 atom stereocenters. The van der Waals surface area contributed by atoms with Crippen LogP contribution in [0.15, 0.2) is 23.2 Å². The lowest BCUT2D eigenvalue weighted by atomic mass is 10.1. The molecule has 0 radical (unpaired) electrons. The van der Waals surface area contributed by atoms with E-state index in [1.165, 1.54) is 18.8 Å². The molecule has 0 bridgehead atoms. The smallest absolute Gasteiger partial charge is 0.225 e. The number of carbonyl (C=O) groups excluding carboxylic acids is 1. The van der Waals surface area contributed by atoms with Crippen molar-refractivity contribution >= 4 is 13.2 Å². The van der Waals surface area contributed by atoms with Gasteiger partial charge in [-0.2, -0.15) is 0 Å². The summed E-state index contributed by atoms with van der Waals surface area (Å²) in [6.07, 6.45) is 1.79. The van der Waals surface area contributed by atoms with Crippen LogP contribution >= 0.6 is 7.37 Å². The maximum absolute atomic E-state index is 12.3. The molecule has 0 aliphatic carbocycles. The fourth-order valence-electron chi connectivity index (χ4n) is 1.29. The second-order valence-corrected chi connectivity index (χ2v) is 6.76. The number of allylic oxidation sites excluding steroid dienone is 3. The molecule has 0 aromatic rings. The molecule has 0 fully saturated rings. The number of ketones is 1. The van der Waals surface area contributed by atoms with Crippen molar-refractivity contribution in [3.05, 3.63) is 23.2 Å². The van der Waals surface area contributed by atoms with Crippen molar-refractivity contribution in [2.75, 3.05) is 6.16 Å². The highest BCUT2D eigenvalue weighted by molar-refractivity contribution is 7.62. The number of Topliss-reactive ketones (excluding diaryl/α,β-unsaturated/α-hetero) is 1. The van der Waals surface area contributed by atoms with E-state index in [4.69, 9.17) is 10.3 Å². The third kappa shape index (κ3) is 5.85. The van der Waals surface area contributed by atoms with Crippen molar-refractivity contribution in [1.82, 2.24) is 0 Å². The maximum atomic E-state index is 12.3. The maximum Gasteiger partial charge on any atom is 0.225 e. The van der Waals surface area contributed by atoms with Crippen molar-refractivity contribution in [3.63, 3.8) is 0 Å². The average Bonchev–Trinajstić information content (AvgIpc) is 2.15. The molecule has 2 N–H and O–H groups in total. The molecule has 98 valence electrons. The standard InChI is InChI=1S/C12H22NO3P/c1-6-17(15,16-9(2)3)8-7-12(10(4)13)11(5)14/h7-9H,6,13H2,1-5H3/b8-7+,12-10+. The van der Waals surface area contributed by atoms with Crippen molar-refractivity contribution in [3.8, 4) is 0 Å². The highest BCUT2D eigenvalue weighted by Crippen LogP contribution is 2.49. The molecule has 0 aliphatic rings. The van der Waals surface area contributed by atoms with Crippen molar-refractivity contribution in [1.29, 1.82) is 0 Å². The zero-order valence-electron chi connectivity index (χ0n) is 11.2. The lowest BCUT2D eigenvalue weighted by Gasteiger charge is -2.15. The molecule has 0 aromatic heterocycles. The minimum atomic E-state index is -2.81. The predicted molar refractivity (Wildman–Crippen MR) is 71.1 cm³/mol. The Morgan fingerprint density at radius 1 is 1.41 bits per heavy atom. The fraction of sp³-hybridized carbons (Fsp3) is 0.583. The second-order valence-electron chi connectivity index (χ2n) is 4.17. The number of hydrogen-bond donors (Lipinski definition) is 1. The van der Waals surface area contributed by atoms with Crippen LogP contribution in [0.5, 0.6) is 0 Å². The molecule has 0 rings (SSSR count). The second kappa shape index (κ2) is 6.77. The summed E-state index contributed by atoms with van der Waals surface area (Å²) in [5.41, 5.74) is 6.38. The summed E-state index contributed by atoms with van der Waals surface area (Å²) in [5.74, 6) is 1.33.